The van der Waals surface area contributed by atoms with Gasteiger partial charge in [0.2, 0.25) is 5.91 Å². The van der Waals surface area contributed by atoms with Gasteiger partial charge in [-0.25, -0.2) is 9.37 Å². The van der Waals surface area contributed by atoms with Crippen LogP contribution in [0.25, 0.3) is 32.2 Å². The molecule has 0 radical (unpaired) electrons. The van der Waals surface area contributed by atoms with Gasteiger partial charge in [-0.1, -0.05) is 26.0 Å². The monoisotopic (exact) mass is 567 g/mol. The number of amides is 2. The van der Waals surface area contributed by atoms with Crippen LogP contribution in [0.1, 0.15) is 29.8 Å². The third kappa shape index (κ3) is 5.25. The maximum absolute atomic E-state index is 15.5. The fourth-order valence-electron chi connectivity index (χ4n) is 5.31. The number of aromatic nitrogens is 2. The lowest BCUT2D eigenvalue weighted by atomic mass is 9.97. The van der Waals surface area contributed by atoms with E-state index in [1.54, 1.807) is 33.4 Å². The average Bonchev–Trinajstić information content (AvgIpc) is 3.45. The van der Waals surface area contributed by atoms with E-state index < -0.39 is 5.82 Å². The molecule has 1 saturated heterocycles. The number of fused-ring (bicyclic) bond motifs is 2. The summed E-state index contributed by atoms with van der Waals surface area (Å²) in [5.74, 6) is -0.657. The summed E-state index contributed by atoms with van der Waals surface area (Å²) >= 11 is 1.60. The van der Waals surface area contributed by atoms with Crippen molar-refractivity contribution >= 4 is 55.6 Å². The molecule has 1 fully saturated rings. The molecule has 41 heavy (non-hydrogen) atoms. The Bertz CT molecular complexity index is 1790. The third-order valence-corrected chi connectivity index (χ3v) is 8.39. The van der Waals surface area contributed by atoms with E-state index >= 15 is 4.39 Å². The fraction of sp³-hybridized carbons (Fsp3) is 0.250. The van der Waals surface area contributed by atoms with Crippen LogP contribution in [0.3, 0.4) is 0 Å². The highest BCUT2D eigenvalue weighted by Gasteiger charge is 2.27. The van der Waals surface area contributed by atoms with Crippen LogP contribution in [0.5, 0.6) is 0 Å². The number of pyridine rings is 1. The van der Waals surface area contributed by atoms with Crippen molar-refractivity contribution < 1.29 is 14.0 Å². The Kier molecular flexibility index (Phi) is 7.13. The maximum Gasteiger partial charge on any atom is 0.254 e. The van der Waals surface area contributed by atoms with Gasteiger partial charge in [-0.3, -0.25) is 14.6 Å². The van der Waals surface area contributed by atoms with Crippen LogP contribution in [0, 0.1) is 18.7 Å². The minimum atomic E-state index is -0.460. The van der Waals surface area contributed by atoms with Gasteiger partial charge in [0, 0.05) is 66.2 Å². The maximum atomic E-state index is 15.5. The molecule has 0 bridgehead atoms. The van der Waals surface area contributed by atoms with E-state index in [4.69, 9.17) is 0 Å². The number of thiazole rings is 1. The molecule has 1 aliphatic rings. The first-order valence-corrected chi connectivity index (χ1v) is 14.5. The molecule has 1 N–H and O–H groups in total. The molecule has 0 saturated carbocycles. The number of aryl methyl sites for hydroxylation is 1. The molecule has 7 nitrogen and oxygen atoms in total. The predicted molar refractivity (Wildman–Crippen MR) is 162 cm³/mol. The van der Waals surface area contributed by atoms with E-state index in [0.717, 1.165) is 32.5 Å². The minimum Gasteiger partial charge on any atom is -0.355 e. The lowest BCUT2D eigenvalue weighted by Crippen LogP contribution is -2.51. The van der Waals surface area contributed by atoms with Crippen LogP contribution in [0.2, 0.25) is 0 Å². The van der Waals surface area contributed by atoms with E-state index in [0.29, 0.717) is 48.4 Å². The first kappa shape index (κ1) is 26.8. The van der Waals surface area contributed by atoms with Crippen molar-refractivity contribution in [2.45, 2.75) is 20.8 Å². The smallest absolute Gasteiger partial charge is 0.254 e. The number of rotatable bonds is 5. The summed E-state index contributed by atoms with van der Waals surface area (Å²) in [4.78, 5) is 38.0. The Morgan fingerprint density at radius 3 is 2.49 bits per heavy atom. The second-order valence-corrected chi connectivity index (χ2v) is 11.6. The summed E-state index contributed by atoms with van der Waals surface area (Å²) in [5, 5.41) is 4.37. The summed E-state index contributed by atoms with van der Waals surface area (Å²) in [7, 11) is 0. The fourth-order valence-corrected chi connectivity index (χ4v) is 5.97. The molecule has 6 rings (SSSR count). The minimum absolute atomic E-state index is 0.0758. The number of anilines is 2. The number of hydrogen-bond acceptors (Lipinski definition) is 6. The zero-order valence-electron chi connectivity index (χ0n) is 23.1. The average molecular weight is 568 g/mol. The normalized spacial score (nSPS) is 13.8. The number of benzene rings is 3. The van der Waals surface area contributed by atoms with Gasteiger partial charge in [0.15, 0.2) is 0 Å². The van der Waals surface area contributed by atoms with Crippen LogP contribution in [-0.4, -0.2) is 57.8 Å². The molecule has 9 heteroatoms. The third-order valence-electron chi connectivity index (χ3n) is 7.58. The predicted octanol–water partition coefficient (Wildman–Crippen LogP) is 6.64. The summed E-state index contributed by atoms with van der Waals surface area (Å²) in [6.45, 7) is 7.43. The number of piperazine rings is 1. The largest absolute Gasteiger partial charge is 0.355 e. The molecule has 0 spiro atoms. The SMILES string of the molecule is Cc1cc(-c2ccc3c(Nc4ccc5scnc5c4)ccnc3c2)c(F)cc1C(=O)N1CCN(C(=O)C(C)C)CC1. The van der Waals surface area contributed by atoms with E-state index in [1.807, 2.05) is 68.7 Å². The van der Waals surface area contributed by atoms with Crippen molar-refractivity contribution in [1.29, 1.82) is 0 Å². The van der Waals surface area contributed by atoms with Gasteiger partial charge in [-0.15, -0.1) is 11.3 Å². The van der Waals surface area contributed by atoms with E-state index in [-0.39, 0.29) is 17.7 Å². The van der Waals surface area contributed by atoms with Crippen LogP contribution < -0.4 is 5.32 Å². The van der Waals surface area contributed by atoms with Crippen LogP contribution in [0.4, 0.5) is 15.8 Å². The van der Waals surface area contributed by atoms with E-state index in [1.165, 1.54) is 6.07 Å². The summed E-state index contributed by atoms with van der Waals surface area (Å²) in [6, 6.07) is 16.7. The van der Waals surface area contributed by atoms with Gasteiger partial charge in [0.25, 0.3) is 5.91 Å². The molecule has 5 aromatic rings. The van der Waals surface area contributed by atoms with Crippen LogP contribution in [-0.2, 0) is 4.79 Å². The number of nitrogens with one attached hydrogen (secondary N) is 1. The highest BCUT2D eigenvalue weighted by molar-refractivity contribution is 7.16. The Morgan fingerprint density at radius 2 is 1.71 bits per heavy atom. The zero-order valence-corrected chi connectivity index (χ0v) is 24.0. The number of carbonyl (C=O) groups is 2. The Morgan fingerprint density at radius 1 is 0.927 bits per heavy atom. The van der Waals surface area contributed by atoms with Gasteiger partial charge < -0.3 is 15.1 Å². The summed E-state index contributed by atoms with van der Waals surface area (Å²) < 4.78 is 16.6. The first-order valence-electron chi connectivity index (χ1n) is 13.7. The number of halogens is 1. The standard InChI is InChI=1S/C32H30FN5O2S/c1-19(2)31(39)37-10-12-38(13-11-37)32(40)24-17-26(33)25(14-20(24)3)21-4-6-23-27(8-9-34-28(23)15-21)36-22-5-7-30-29(16-22)35-18-41-30/h4-9,14-19H,10-13H2,1-3H3,(H,34,36). The molecular weight excluding hydrogens is 537 g/mol. The van der Waals surface area contributed by atoms with Crippen molar-refractivity contribution in [3.63, 3.8) is 0 Å². The molecule has 3 aromatic carbocycles. The lowest BCUT2D eigenvalue weighted by Gasteiger charge is -2.35. The van der Waals surface area contributed by atoms with Gasteiger partial charge >= 0.3 is 0 Å². The number of hydrogen-bond donors (Lipinski definition) is 1. The number of carbonyl (C=O) groups excluding carboxylic acids is 2. The van der Waals surface area contributed by atoms with E-state index in [9.17, 15) is 9.59 Å². The van der Waals surface area contributed by atoms with Crippen molar-refractivity contribution in [2.24, 2.45) is 5.92 Å². The van der Waals surface area contributed by atoms with Crippen molar-refractivity contribution in [3.05, 3.63) is 83.2 Å². The molecule has 3 heterocycles. The van der Waals surface area contributed by atoms with Crippen LogP contribution in [0.15, 0.2) is 66.3 Å². The molecule has 0 aliphatic carbocycles. The molecule has 0 atom stereocenters. The Hall–Kier alpha value is -4.37. The van der Waals surface area contributed by atoms with E-state index in [2.05, 4.69) is 15.3 Å². The number of nitrogens with zero attached hydrogens (tertiary/aromatic N) is 4. The molecule has 0 unspecified atom stereocenters. The summed E-state index contributed by atoms with van der Waals surface area (Å²) in [5.41, 5.74) is 7.47. The van der Waals surface area contributed by atoms with Gasteiger partial charge in [-0.05, 0) is 60.5 Å². The molecule has 2 aromatic heterocycles. The van der Waals surface area contributed by atoms with Crippen LogP contribution >= 0.6 is 11.3 Å². The van der Waals surface area contributed by atoms with Crippen molar-refractivity contribution in [1.82, 2.24) is 19.8 Å². The lowest BCUT2D eigenvalue weighted by molar-refractivity contribution is -0.135. The van der Waals surface area contributed by atoms with Gasteiger partial charge in [0.1, 0.15) is 5.82 Å². The quantitative estimate of drug-likeness (QED) is 0.258. The zero-order chi connectivity index (χ0) is 28.7. The Labute approximate surface area is 241 Å². The topological polar surface area (TPSA) is 78.4 Å². The molecule has 208 valence electrons. The second kappa shape index (κ2) is 10.9. The van der Waals surface area contributed by atoms with Gasteiger partial charge in [0.05, 0.1) is 21.2 Å². The van der Waals surface area contributed by atoms with Gasteiger partial charge in [-0.2, -0.15) is 0 Å². The highest BCUT2D eigenvalue weighted by Crippen LogP contribution is 2.33. The second-order valence-electron chi connectivity index (χ2n) is 10.7. The molecule has 2 amide bonds. The van der Waals surface area contributed by atoms with Crippen molar-refractivity contribution in [2.75, 3.05) is 31.5 Å². The molecular formula is C32H30FN5O2S. The van der Waals surface area contributed by atoms with Crippen molar-refractivity contribution in [3.8, 4) is 11.1 Å². The summed E-state index contributed by atoms with van der Waals surface area (Å²) in [6.07, 6.45) is 1.73. The highest BCUT2D eigenvalue weighted by atomic mass is 32.1. The first-order chi connectivity index (χ1) is 19.8. The molecule has 1 aliphatic heterocycles. The Balaban J connectivity index is 1.23.